The van der Waals surface area contributed by atoms with Gasteiger partial charge in [0.15, 0.2) is 6.61 Å². The molecular formula is C22H26FNO3. The second-order valence-electron chi connectivity index (χ2n) is 7.07. The zero-order valence-corrected chi connectivity index (χ0v) is 15.9. The summed E-state index contributed by atoms with van der Waals surface area (Å²) in [5, 5.41) is 0. The number of halogens is 1. The van der Waals surface area contributed by atoms with E-state index in [9.17, 15) is 9.18 Å². The summed E-state index contributed by atoms with van der Waals surface area (Å²) in [6.45, 7) is 5.69. The van der Waals surface area contributed by atoms with E-state index in [-0.39, 0.29) is 24.4 Å². The molecule has 0 bridgehead atoms. The van der Waals surface area contributed by atoms with Gasteiger partial charge in [-0.1, -0.05) is 18.2 Å². The molecule has 0 spiro atoms. The Morgan fingerprint density at radius 1 is 1.19 bits per heavy atom. The van der Waals surface area contributed by atoms with E-state index in [4.69, 9.17) is 9.47 Å². The average molecular weight is 371 g/mol. The first-order valence-electron chi connectivity index (χ1n) is 9.35. The molecule has 4 nitrogen and oxygen atoms in total. The molecule has 27 heavy (non-hydrogen) atoms. The number of rotatable bonds is 7. The third-order valence-corrected chi connectivity index (χ3v) is 4.93. The first kappa shape index (κ1) is 19.4. The van der Waals surface area contributed by atoms with Crippen molar-refractivity contribution in [1.29, 1.82) is 0 Å². The first-order chi connectivity index (χ1) is 13.0. The minimum absolute atomic E-state index is 0.0313. The molecule has 2 aromatic rings. The van der Waals surface area contributed by atoms with Crippen molar-refractivity contribution in [3.05, 3.63) is 65.0 Å². The minimum Gasteiger partial charge on any atom is -0.484 e. The monoisotopic (exact) mass is 371 g/mol. The summed E-state index contributed by atoms with van der Waals surface area (Å²) in [6, 6.07) is 12.0. The number of carbonyl (C=O) groups excluding carboxylic acids is 1. The molecule has 0 aliphatic carbocycles. The lowest BCUT2D eigenvalue weighted by atomic mass is 10.1. The zero-order valence-electron chi connectivity index (χ0n) is 15.9. The molecule has 5 heteroatoms. The van der Waals surface area contributed by atoms with Crippen molar-refractivity contribution in [3.8, 4) is 5.75 Å². The third kappa shape index (κ3) is 5.54. The largest absolute Gasteiger partial charge is 0.484 e. The van der Waals surface area contributed by atoms with Crippen LogP contribution in [-0.2, 0) is 16.1 Å². The van der Waals surface area contributed by atoms with E-state index in [1.165, 1.54) is 17.7 Å². The van der Waals surface area contributed by atoms with E-state index in [1.54, 1.807) is 17.0 Å². The summed E-state index contributed by atoms with van der Waals surface area (Å²) in [6.07, 6.45) is 2.02. The highest BCUT2D eigenvalue weighted by Crippen LogP contribution is 2.18. The van der Waals surface area contributed by atoms with Gasteiger partial charge >= 0.3 is 0 Å². The number of hydrogen-bond acceptors (Lipinski definition) is 3. The summed E-state index contributed by atoms with van der Waals surface area (Å²) < 4.78 is 24.6. The van der Waals surface area contributed by atoms with Crippen LogP contribution in [0.25, 0.3) is 0 Å². The predicted molar refractivity (Wildman–Crippen MR) is 102 cm³/mol. The lowest BCUT2D eigenvalue weighted by molar-refractivity contribution is -0.135. The number of aryl methyl sites for hydroxylation is 2. The van der Waals surface area contributed by atoms with Crippen LogP contribution < -0.4 is 4.74 Å². The molecule has 0 radical (unpaired) electrons. The fourth-order valence-corrected chi connectivity index (χ4v) is 3.14. The van der Waals surface area contributed by atoms with E-state index < -0.39 is 0 Å². The fourth-order valence-electron chi connectivity index (χ4n) is 3.14. The second-order valence-corrected chi connectivity index (χ2v) is 7.07. The lowest BCUT2D eigenvalue weighted by Gasteiger charge is -2.25. The third-order valence-electron chi connectivity index (χ3n) is 4.93. The molecule has 1 atom stereocenters. The van der Waals surface area contributed by atoms with Crippen molar-refractivity contribution < 1.29 is 18.7 Å². The number of benzene rings is 2. The Labute approximate surface area is 159 Å². The van der Waals surface area contributed by atoms with Crippen molar-refractivity contribution in [3.63, 3.8) is 0 Å². The average Bonchev–Trinajstić information content (AvgIpc) is 3.17. The van der Waals surface area contributed by atoms with Gasteiger partial charge in [0.25, 0.3) is 5.91 Å². The summed E-state index contributed by atoms with van der Waals surface area (Å²) in [5.74, 6) is 0.298. The van der Waals surface area contributed by atoms with Crippen molar-refractivity contribution in [2.45, 2.75) is 39.3 Å². The van der Waals surface area contributed by atoms with Gasteiger partial charge in [-0.25, -0.2) is 4.39 Å². The Morgan fingerprint density at radius 3 is 2.63 bits per heavy atom. The molecule has 1 heterocycles. The number of carbonyl (C=O) groups is 1. The van der Waals surface area contributed by atoms with Gasteiger partial charge in [0.2, 0.25) is 0 Å². The molecule has 1 amide bonds. The second kappa shape index (κ2) is 9.00. The van der Waals surface area contributed by atoms with E-state index in [0.29, 0.717) is 18.8 Å². The molecule has 1 unspecified atom stereocenters. The SMILES string of the molecule is Cc1ccc(OCC(=O)N(Cc2ccc(F)cc2)CC2CCCO2)cc1C. The number of amides is 1. The molecule has 144 valence electrons. The molecule has 1 aliphatic heterocycles. The molecule has 2 aromatic carbocycles. The van der Waals surface area contributed by atoms with Gasteiger partial charge in [0, 0.05) is 19.7 Å². The Balaban J connectivity index is 1.65. The summed E-state index contributed by atoms with van der Waals surface area (Å²) in [5.41, 5.74) is 3.20. The molecule has 0 saturated carbocycles. The van der Waals surface area contributed by atoms with Crippen molar-refractivity contribution in [1.82, 2.24) is 4.90 Å². The quantitative estimate of drug-likeness (QED) is 0.738. The standard InChI is InChI=1S/C22H26FNO3/c1-16-5-10-20(12-17(16)2)27-15-22(25)24(14-21-4-3-11-26-21)13-18-6-8-19(23)9-7-18/h5-10,12,21H,3-4,11,13-15H2,1-2H3. The van der Waals surface area contributed by atoms with Gasteiger partial charge in [0.1, 0.15) is 11.6 Å². The highest BCUT2D eigenvalue weighted by molar-refractivity contribution is 5.77. The Hall–Kier alpha value is -2.40. The van der Waals surface area contributed by atoms with Crippen LogP contribution in [0.3, 0.4) is 0 Å². The maximum absolute atomic E-state index is 13.2. The van der Waals surface area contributed by atoms with Crippen LogP contribution in [0.4, 0.5) is 4.39 Å². The summed E-state index contributed by atoms with van der Waals surface area (Å²) in [4.78, 5) is 14.5. The van der Waals surface area contributed by atoms with Crippen molar-refractivity contribution in [2.24, 2.45) is 0 Å². The zero-order chi connectivity index (χ0) is 19.2. The van der Waals surface area contributed by atoms with Gasteiger partial charge in [-0.2, -0.15) is 0 Å². The molecular weight excluding hydrogens is 345 g/mol. The van der Waals surface area contributed by atoms with Crippen molar-refractivity contribution >= 4 is 5.91 Å². The van der Waals surface area contributed by atoms with Crippen LogP contribution in [0.2, 0.25) is 0 Å². The number of ether oxygens (including phenoxy) is 2. The summed E-state index contributed by atoms with van der Waals surface area (Å²) >= 11 is 0. The van der Waals surface area contributed by atoms with Crippen LogP contribution in [0.5, 0.6) is 5.75 Å². The molecule has 1 saturated heterocycles. The number of nitrogens with zero attached hydrogens (tertiary/aromatic N) is 1. The Morgan fingerprint density at radius 2 is 1.96 bits per heavy atom. The van der Waals surface area contributed by atoms with E-state index in [2.05, 4.69) is 0 Å². The van der Waals surface area contributed by atoms with Gasteiger partial charge in [0.05, 0.1) is 6.10 Å². The van der Waals surface area contributed by atoms with E-state index in [0.717, 1.165) is 30.6 Å². The predicted octanol–water partition coefficient (Wildman–Crippen LogP) is 4.03. The van der Waals surface area contributed by atoms with Crippen LogP contribution in [-0.4, -0.2) is 36.7 Å². The van der Waals surface area contributed by atoms with Gasteiger partial charge in [-0.15, -0.1) is 0 Å². The maximum atomic E-state index is 13.2. The van der Waals surface area contributed by atoms with Crippen LogP contribution in [0.1, 0.15) is 29.5 Å². The van der Waals surface area contributed by atoms with Gasteiger partial charge in [-0.05, 0) is 67.6 Å². The fraction of sp³-hybridized carbons (Fsp3) is 0.409. The normalized spacial score (nSPS) is 16.3. The smallest absolute Gasteiger partial charge is 0.260 e. The van der Waals surface area contributed by atoms with Crippen LogP contribution in [0, 0.1) is 19.7 Å². The molecule has 3 rings (SSSR count). The Bertz CT molecular complexity index is 770. The number of hydrogen-bond donors (Lipinski definition) is 0. The molecule has 1 fully saturated rings. The lowest BCUT2D eigenvalue weighted by Crippen LogP contribution is -2.39. The van der Waals surface area contributed by atoms with Crippen LogP contribution in [0.15, 0.2) is 42.5 Å². The van der Waals surface area contributed by atoms with E-state index >= 15 is 0 Å². The van der Waals surface area contributed by atoms with Crippen molar-refractivity contribution in [2.75, 3.05) is 19.8 Å². The highest BCUT2D eigenvalue weighted by Gasteiger charge is 2.23. The van der Waals surface area contributed by atoms with Gasteiger partial charge in [-0.3, -0.25) is 4.79 Å². The Kier molecular flexibility index (Phi) is 6.45. The minimum atomic E-state index is -0.283. The molecule has 0 aromatic heterocycles. The van der Waals surface area contributed by atoms with Crippen LogP contribution >= 0.6 is 0 Å². The molecule has 1 aliphatic rings. The van der Waals surface area contributed by atoms with Gasteiger partial charge < -0.3 is 14.4 Å². The molecule has 0 N–H and O–H groups in total. The maximum Gasteiger partial charge on any atom is 0.260 e. The highest BCUT2D eigenvalue weighted by atomic mass is 19.1. The topological polar surface area (TPSA) is 38.8 Å². The first-order valence-corrected chi connectivity index (χ1v) is 9.35. The summed E-state index contributed by atoms with van der Waals surface area (Å²) in [7, 11) is 0. The van der Waals surface area contributed by atoms with E-state index in [1.807, 2.05) is 32.0 Å².